The molecule has 0 aromatic carbocycles. The van der Waals surface area contributed by atoms with Crippen molar-refractivity contribution in [2.45, 2.75) is 6.92 Å². The van der Waals surface area contributed by atoms with Crippen LogP contribution < -0.4 is 5.73 Å². The highest BCUT2D eigenvalue weighted by Crippen LogP contribution is 2.20. The molecule has 0 saturated heterocycles. The van der Waals surface area contributed by atoms with Crippen molar-refractivity contribution in [1.29, 1.82) is 0 Å². The van der Waals surface area contributed by atoms with E-state index in [1.807, 2.05) is 13.0 Å². The molecule has 2 N–H and O–H groups in total. The summed E-state index contributed by atoms with van der Waals surface area (Å²) in [6.07, 6.45) is 0. The zero-order valence-corrected chi connectivity index (χ0v) is 9.10. The lowest BCUT2D eigenvalue weighted by Crippen LogP contribution is -1.95. The lowest BCUT2D eigenvalue weighted by Gasteiger charge is -2.00. The molecule has 0 aliphatic heterocycles. The van der Waals surface area contributed by atoms with Gasteiger partial charge in [-0.1, -0.05) is 0 Å². The van der Waals surface area contributed by atoms with Gasteiger partial charge in [0.2, 0.25) is 0 Å². The molecule has 1 rings (SSSR count). The topological polar surface area (TPSA) is 38.9 Å². The first kappa shape index (κ1) is 8.26. The fourth-order valence-corrected chi connectivity index (χ4v) is 1.75. The molecule has 0 fully saturated rings. The van der Waals surface area contributed by atoms with Crippen LogP contribution in [0.4, 0.5) is 5.82 Å². The molecule has 0 aliphatic carbocycles. The SMILES string of the molecule is Cc1nc(N)c(I)cc1Br. The number of nitrogen functional groups attached to an aromatic ring is 1. The van der Waals surface area contributed by atoms with Crippen LogP contribution in [0.3, 0.4) is 0 Å². The lowest BCUT2D eigenvalue weighted by molar-refractivity contribution is 1.18. The molecule has 1 aromatic heterocycles. The van der Waals surface area contributed by atoms with Crippen LogP contribution in [0.25, 0.3) is 0 Å². The van der Waals surface area contributed by atoms with Gasteiger partial charge in [-0.2, -0.15) is 0 Å². The van der Waals surface area contributed by atoms with Crippen molar-refractivity contribution in [3.63, 3.8) is 0 Å². The van der Waals surface area contributed by atoms with Gasteiger partial charge in [0.1, 0.15) is 5.82 Å². The molecular weight excluding hydrogens is 307 g/mol. The van der Waals surface area contributed by atoms with Gasteiger partial charge in [-0.05, 0) is 51.5 Å². The standard InChI is InChI=1S/C6H6BrIN2/c1-3-4(7)2-5(8)6(9)10-3/h2H,1H3,(H2,9,10). The van der Waals surface area contributed by atoms with E-state index in [4.69, 9.17) is 5.73 Å². The summed E-state index contributed by atoms with van der Waals surface area (Å²) >= 11 is 5.51. The quantitative estimate of drug-likeness (QED) is 0.747. The molecule has 0 aliphatic rings. The predicted molar refractivity (Wildman–Crippen MR) is 53.8 cm³/mol. The lowest BCUT2D eigenvalue weighted by atomic mass is 10.4. The van der Waals surface area contributed by atoms with Crippen LogP contribution in [-0.2, 0) is 0 Å². The van der Waals surface area contributed by atoms with Gasteiger partial charge in [-0.25, -0.2) is 4.98 Å². The number of rotatable bonds is 0. The molecule has 0 atom stereocenters. The molecule has 10 heavy (non-hydrogen) atoms. The Morgan fingerprint density at radius 2 is 2.30 bits per heavy atom. The Morgan fingerprint density at radius 3 is 2.80 bits per heavy atom. The van der Waals surface area contributed by atoms with Gasteiger partial charge in [0.05, 0.1) is 9.26 Å². The normalized spacial score (nSPS) is 9.90. The van der Waals surface area contributed by atoms with Crippen molar-refractivity contribution in [3.8, 4) is 0 Å². The fourth-order valence-electron chi connectivity index (χ4n) is 0.577. The third-order valence-electron chi connectivity index (χ3n) is 1.13. The summed E-state index contributed by atoms with van der Waals surface area (Å²) in [6.45, 7) is 1.91. The fraction of sp³-hybridized carbons (Fsp3) is 0.167. The maximum atomic E-state index is 5.55. The largest absolute Gasteiger partial charge is 0.383 e. The zero-order chi connectivity index (χ0) is 7.72. The van der Waals surface area contributed by atoms with E-state index in [0.29, 0.717) is 5.82 Å². The van der Waals surface area contributed by atoms with Crippen LogP contribution in [0.5, 0.6) is 0 Å². The summed E-state index contributed by atoms with van der Waals surface area (Å²) in [6, 6.07) is 1.96. The monoisotopic (exact) mass is 312 g/mol. The molecule has 0 unspecified atom stereocenters. The van der Waals surface area contributed by atoms with Crippen LogP contribution >= 0.6 is 38.5 Å². The molecule has 0 amide bonds. The van der Waals surface area contributed by atoms with Crippen molar-refractivity contribution in [2.24, 2.45) is 0 Å². The van der Waals surface area contributed by atoms with Gasteiger partial charge < -0.3 is 5.73 Å². The second-order valence-electron chi connectivity index (χ2n) is 1.92. The van der Waals surface area contributed by atoms with Crippen LogP contribution in [0.15, 0.2) is 10.5 Å². The van der Waals surface area contributed by atoms with E-state index in [2.05, 4.69) is 43.5 Å². The summed E-state index contributed by atoms with van der Waals surface area (Å²) in [7, 11) is 0. The Balaban J connectivity index is 3.28. The van der Waals surface area contributed by atoms with E-state index in [-0.39, 0.29) is 0 Å². The Hall–Kier alpha value is 0.160. The number of hydrogen-bond acceptors (Lipinski definition) is 2. The van der Waals surface area contributed by atoms with E-state index >= 15 is 0 Å². The Labute approximate surface area is 81.5 Å². The van der Waals surface area contributed by atoms with Crippen molar-refractivity contribution in [1.82, 2.24) is 4.98 Å². The molecule has 1 heterocycles. The maximum Gasteiger partial charge on any atom is 0.137 e. The van der Waals surface area contributed by atoms with Crippen molar-refractivity contribution in [2.75, 3.05) is 5.73 Å². The van der Waals surface area contributed by atoms with E-state index in [9.17, 15) is 0 Å². The molecule has 0 bridgehead atoms. The molecule has 54 valence electrons. The predicted octanol–water partition coefficient (Wildman–Crippen LogP) is 2.34. The van der Waals surface area contributed by atoms with Crippen LogP contribution in [0.2, 0.25) is 0 Å². The minimum Gasteiger partial charge on any atom is -0.383 e. The average Bonchev–Trinajstić information content (AvgIpc) is 1.84. The molecule has 0 saturated carbocycles. The van der Waals surface area contributed by atoms with Gasteiger partial charge in [0.15, 0.2) is 0 Å². The van der Waals surface area contributed by atoms with Gasteiger partial charge in [0, 0.05) is 4.47 Å². The van der Waals surface area contributed by atoms with Crippen LogP contribution in [0, 0.1) is 10.5 Å². The van der Waals surface area contributed by atoms with Crippen molar-refractivity contribution in [3.05, 3.63) is 19.8 Å². The third-order valence-corrected chi connectivity index (χ3v) is 2.80. The molecule has 0 radical (unpaired) electrons. The summed E-state index contributed by atoms with van der Waals surface area (Å²) in [5, 5.41) is 0. The second-order valence-corrected chi connectivity index (χ2v) is 3.94. The summed E-state index contributed by atoms with van der Waals surface area (Å²) < 4.78 is 1.99. The zero-order valence-electron chi connectivity index (χ0n) is 5.36. The summed E-state index contributed by atoms with van der Waals surface area (Å²) in [5.74, 6) is 0.598. The van der Waals surface area contributed by atoms with E-state index in [1.54, 1.807) is 0 Å². The number of pyridine rings is 1. The van der Waals surface area contributed by atoms with E-state index in [0.717, 1.165) is 13.7 Å². The Bertz CT molecular complexity index is 212. The smallest absolute Gasteiger partial charge is 0.137 e. The van der Waals surface area contributed by atoms with Crippen LogP contribution in [-0.4, -0.2) is 4.98 Å². The molecule has 4 heteroatoms. The van der Waals surface area contributed by atoms with Gasteiger partial charge >= 0.3 is 0 Å². The van der Waals surface area contributed by atoms with Gasteiger partial charge in [-0.15, -0.1) is 0 Å². The minimum atomic E-state index is 0.598. The second kappa shape index (κ2) is 3.04. The number of anilines is 1. The van der Waals surface area contributed by atoms with E-state index in [1.165, 1.54) is 0 Å². The Morgan fingerprint density at radius 1 is 1.70 bits per heavy atom. The molecule has 2 nitrogen and oxygen atoms in total. The molecular formula is C6H6BrIN2. The minimum absolute atomic E-state index is 0.598. The van der Waals surface area contributed by atoms with E-state index < -0.39 is 0 Å². The van der Waals surface area contributed by atoms with Gasteiger partial charge in [-0.3, -0.25) is 0 Å². The first-order chi connectivity index (χ1) is 4.61. The van der Waals surface area contributed by atoms with Crippen molar-refractivity contribution >= 4 is 44.3 Å². The summed E-state index contributed by atoms with van der Waals surface area (Å²) in [4.78, 5) is 4.10. The number of nitrogens with two attached hydrogens (primary N) is 1. The van der Waals surface area contributed by atoms with Crippen molar-refractivity contribution < 1.29 is 0 Å². The highest BCUT2D eigenvalue weighted by Gasteiger charge is 2.00. The third kappa shape index (κ3) is 1.60. The number of aryl methyl sites for hydroxylation is 1. The van der Waals surface area contributed by atoms with Crippen LogP contribution in [0.1, 0.15) is 5.69 Å². The average molecular weight is 313 g/mol. The first-order valence-electron chi connectivity index (χ1n) is 2.69. The molecule has 1 aromatic rings. The first-order valence-corrected chi connectivity index (χ1v) is 4.56. The molecule has 0 spiro atoms. The number of hydrogen-bond donors (Lipinski definition) is 1. The number of aromatic nitrogens is 1. The highest BCUT2D eigenvalue weighted by molar-refractivity contribution is 14.1. The highest BCUT2D eigenvalue weighted by atomic mass is 127. The maximum absolute atomic E-state index is 5.55. The summed E-state index contributed by atoms with van der Waals surface area (Å²) in [5.41, 5.74) is 6.48. The number of halogens is 2. The van der Waals surface area contributed by atoms with Gasteiger partial charge in [0.25, 0.3) is 0 Å². The Kier molecular flexibility index (Phi) is 2.51. The number of nitrogens with zero attached hydrogens (tertiary/aromatic N) is 1.